The molecular weight excluding hydrogens is 352 g/mol. The fourth-order valence-corrected chi connectivity index (χ4v) is 3.54. The van der Waals surface area contributed by atoms with E-state index in [2.05, 4.69) is 27.3 Å². The summed E-state index contributed by atoms with van der Waals surface area (Å²) in [5.74, 6) is 1.42. The van der Waals surface area contributed by atoms with Crippen LogP contribution in [-0.4, -0.2) is 41.0 Å². The van der Waals surface area contributed by atoms with E-state index >= 15 is 0 Å². The first-order valence-electron chi connectivity index (χ1n) is 9.35. The van der Waals surface area contributed by atoms with Crippen LogP contribution in [-0.2, 0) is 4.74 Å². The molecule has 1 saturated carbocycles. The molecule has 7 heteroatoms. The van der Waals surface area contributed by atoms with Gasteiger partial charge in [0, 0.05) is 19.1 Å². The van der Waals surface area contributed by atoms with E-state index in [-0.39, 0.29) is 18.2 Å². The summed E-state index contributed by atoms with van der Waals surface area (Å²) in [6.07, 6.45) is 4.78. The number of hydrogen-bond donors (Lipinski definition) is 1. The SMILES string of the molecule is CC1CCCC(NC(=O)OC(C)(C)C)C[C@@H](N(C)c2ccc(Cl)nn2)C1. The van der Waals surface area contributed by atoms with E-state index in [4.69, 9.17) is 16.3 Å². The van der Waals surface area contributed by atoms with E-state index in [1.165, 1.54) is 0 Å². The summed E-state index contributed by atoms with van der Waals surface area (Å²) >= 11 is 5.85. The van der Waals surface area contributed by atoms with Crippen molar-refractivity contribution in [1.82, 2.24) is 15.5 Å². The van der Waals surface area contributed by atoms with Crippen LogP contribution in [0, 0.1) is 5.92 Å². The highest BCUT2D eigenvalue weighted by Gasteiger charge is 2.28. The lowest BCUT2D eigenvalue weighted by molar-refractivity contribution is 0.0493. The summed E-state index contributed by atoms with van der Waals surface area (Å²) in [5, 5.41) is 11.6. The van der Waals surface area contributed by atoms with E-state index in [0.717, 1.165) is 37.9 Å². The van der Waals surface area contributed by atoms with Crippen molar-refractivity contribution in [2.45, 2.75) is 77.5 Å². The van der Waals surface area contributed by atoms with Gasteiger partial charge in [-0.05, 0) is 58.1 Å². The number of carbonyl (C=O) groups is 1. The number of nitrogens with zero attached hydrogens (tertiary/aromatic N) is 3. The fourth-order valence-electron chi connectivity index (χ4n) is 3.44. The third kappa shape index (κ3) is 6.63. The van der Waals surface area contributed by atoms with Gasteiger partial charge in [0.05, 0.1) is 0 Å². The zero-order valence-electron chi connectivity index (χ0n) is 16.5. The largest absolute Gasteiger partial charge is 0.444 e. The van der Waals surface area contributed by atoms with Crippen molar-refractivity contribution in [2.24, 2.45) is 5.92 Å². The van der Waals surface area contributed by atoms with Gasteiger partial charge in [-0.2, -0.15) is 0 Å². The molecule has 1 amide bonds. The smallest absolute Gasteiger partial charge is 0.407 e. The average molecular weight is 383 g/mol. The Bertz CT molecular complexity index is 588. The number of halogens is 1. The van der Waals surface area contributed by atoms with E-state index in [9.17, 15) is 4.79 Å². The van der Waals surface area contributed by atoms with Gasteiger partial charge >= 0.3 is 6.09 Å². The molecule has 1 aliphatic carbocycles. The van der Waals surface area contributed by atoms with Gasteiger partial charge in [0.25, 0.3) is 0 Å². The molecule has 0 aromatic carbocycles. The predicted octanol–water partition coefficient (Wildman–Crippen LogP) is 4.43. The molecule has 146 valence electrons. The maximum atomic E-state index is 12.2. The summed E-state index contributed by atoms with van der Waals surface area (Å²) in [7, 11) is 2.03. The molecule has 0 aliphatic heterocycles. The Balaban J connectivity index is 2.07. The number of rotatable bonds is 3. The van der Waals surface area contributed by atoms with Gasteiger partial charge in [0.2, 0.25) is 0 Å². The number of anilines is 1. The quantitative estimate of drug-likeness (QED) is 0.837. The summed E-state index contributed by atoms with van der Waals surface area (Å²) in [6.45, 7) is 7.92. The molecule has 26 heavy (non-hydrogen) atoms. The normalized spacial score (nSPS) is 24.3. The van der Waals surface area contributed by atoms with Crippen LogP contribution in [0.15, 0.2) is 12.1 Å². The van der Waals surface area contributed by atoms with E-state index in [1.54, 1.807) is 6.07 Å². The number of ether oxygens (including phenoxy) is 1. The zero-order valence-corrected chi connectivity index (χ0v) is 17.2. The summed E-state index contributed by atoms with van der Waals surface area (Å²) in [6, 6.07) is 3.99. The highest BCUT2D eigenvalue weighted by Crippen LogP contribution is 2.27. The lowest BCUT2D eigenvalue weighted by atomic mass is 9.86. The van der Waals surface area contributed by atoms with Crippen LogP contribution in [0.4, 0.5) is 10.6 Å². The van der Waals surface area contributed by atoms with Crippen molar-refractivity contribution in [3.63, 3.8) is 0 Å². The minimum atomic E-state index is -0.491. The Labute approximate surface area is 161 Å². The van der Waals surface area contributed by atoms with Crippen LogP contribution in [0.5, 0.6) is 0 Å². The molecule has 1 aromatic rings. The van der Waals surface area contributed by atoms with Gasteiger partial charge < -0.3 is 15.0 Å². The van der Waals surface area contributed by atoms with E-state index < -0.39 is 5.60 Å². The topological polar surface area (TPSA) is 67.3 Å². The van der Waals surface area contributed by atoms with E-state index in [0.29, 0.717) is 11.1 Å². The molecule has 6 nitrogen and oxygen atoms in total. The lowest BCUT2D eigenvalue weighted by Crippen LogP contribution is -2.45. The van der Waals surface area contributed by atoms with Crippen LogP contribution in [0.25, 0.3) is 0 Å². The van der Waals surface area contributed by atoms with Crippen molar-refractivity contribution < 1.29 is 9.53 Å². The highest BCUT2D eigenvalue weighted by molar-refractivity contribution is 6.29. The second-order valence-electron chi connectivity index (χ2n) is 8.33. The minimum Gasteiger partial charge on any atom is -0.444 e. The maximum Gasteiger partial charge on any atom is 0.407 e. The third-order valence-corrected chi connectivity index (χ3v) is 4.93. The molecule has 3 atom stereocenters. The molecule has 0 radical (unpaired) electrons. The Morgan fingerprint density at radius 2 is 2.00 bits per heavy atom. The van der Waals surface area contributed by atoms with Gasteiger partial charge in [-0.15, -0.1) is 10.2 Å². The average Bonchev–Trinajstić information content (AvgIpc) is 2.50. The summed E-state index contributed by atoms with van der Waals surface area (Å²) < 4.78 is 5.43. The zero-order chi connectivity index (χ0) is 19.3. The number of carbonyl (C=O) groups excluding carboxylic acids is 1. The molecular formula is C19H31ClN4O2. The maximum absolute atomic E-state index is 12.2. The first-order valence-corrected chi connectivity index (χ1v) is 9.73. The number of aromatic nitrogens is 2. The van der Waals surface area contributed by atoms with Gasteiger partial charge in [0.15, 0.2) is 11.0 Å². The monoisotopic (exact) mass is 382 g/mol. The minimum absolute atomic E-state index is 0.0880. The van der Waals surface area contributed by atoms with Crippen LogP contribution in [0.2, 0.25) is 5.15 Å². The molecule has 1 fully saturated rings. The van der Waals surface area contributed by atoms with Crippen LogP contribution >= 0.6 is 11.6 Å². The lowest BCUT2D eigenvalue weighted by Gasteiger charge is -2.36. The number of nitrogens with one attached hydrogen (secondary N) is 1. The van der Waals surface area contributed by atoms with Crippen molar-refractivity contribution in [1.29, 1.82) is 0 Å². The number of amides is 1. The second kappa shape index (κ2) is 8.89. The molecule has 1 N–H and O–H groups in total. The second-order valence-corrected chi connectivity index (χ2v) is 8.72. The predicted molar refractivity (Wildman–Crippen MR) is 105 cm³/mol. The molecule has 0 bridgehead atoms. The number of alkyl carbamates (subject to hydrolysis) is 1. The summed E-state index contributed by atoms with van der Waals surface area (Å²) in [5.41, 5.74) is -0.491. The fraction of sp³-hybridized carbons (Fsp3) is 0.737. The van der Waals surface area contributed by atoms with Gasteiger partial charge in [-0.25, -0.2) is 4.79 Å². The van der Waals surface area contributed by atoms with Crippen molar-refractivity contribution in [3.8, 4) is 0 Å². The summed E-state index contributed by atoms with van der Waals surface area (Å²) in [4.78, 5) is 14.3. The number of hydrogen-bond acceptors (Lipinski definition) is 5. The van der Waals surface area contributed by atoms with Crippen LogP contribution in [0.1, 0.15) is 59.8 Å². The Morgan fingerprint density at radius 1 is 1.27 bits per heavy atom. The van der Waals surface area contributed by atoms with Crippen LogP contribution < -0.4 is 10.2 Å². The first-order chi connectivity index (χ1) is 12.1. The molecule has 1 aromatic heterocycles. The van der Waals surface area contributed by atoms with E-state index in [1.807, 2.05) is 33.9 Å². The highest BCUT2D eigenvalue weighted by atomic mass is 35.5. The molecule has 2 rings (SSSR count). The van der Waals surface area contributed by atoms with Gasteiger partial charge in [0.1, 0.15) is 5.60 Å². The molecule has 0 spiro atoms. The Morgan fingerprint density at radius 3 is 2.62 bits per heavy atom. The van der Waals surface area contributed by atoms with Crippen molar-refractivity contribution in [3.05, 3.63) is 17.3 Å². The van der Waals surface area contributed by atoms with Gasteiger partial charge in [-0.3, -0.25) is 0 Å². The Hall–Kier alpha value is -1.56. The molecule has 2 unspecified atom stereocenters. The third-order valence-electron chi connectivity index (χ3n) is 4.73. The van der Waals surface area contributed by atoms with Crippen molar-refractivity contribution >= 4 is 23.5 Å². The first kappa shape index (κ1) is 20.7. The molecule has 1 heterocycles. The van der Waals surface area contributed by atoms with Gasteiger partial charge in [-0.1, -0.05) is 31.4 Å². The standard InChI is InChI=1S/C19H31ClN4O2/c1-13-7-6-8-14(21-18(25)26-19(2,3)4)12-15(11-13)24(5)17-10-9-16(20)22-23-17/h9-10,13-15H,6-8,11-12H2,1-5H3,(H,21,25)/t13?,14?,15-/m0/s1. The van der Waals surface area contributed by atoms with Crippen molar-refractivity contribution in [2.75, 3.05) is 11.9 Å². The Kier molecular flexibility index (Phi) is 7.09. The molecule has 0 saturated heterocycles. The molecule has 1 aliphatic rings. The van der Waals surface area contributed by atoms with Crippen LogP contribution in [0.3, 0.4) is 0 Å².